The van der Waals surface area contributed by atoms with Gasteiger partial charge < -0.3 is 9.80 Å². The molecule has 1 aromatic carbocycles. The molecule has 2 fully saturated rings. The topological polar surface area (TPSA) is 102 Å². The zero-order valence-electron chi connectivity index (χ0n) is 18.0. The third-order valence-electron chi connectivity index (χ3n) is 5.91. The predicted octanol–water partition coefficient (Wildman–Crippen LogP) is 2.47. The number of nitriles is 1. The summed E-state index contributed by atoms with van der Waals surface area (Å²) in [7, 11) is -4.04. The molecule has 2 atom stereocenters. The van der Waals surface area contributed by atoms with Gasteiger partial charge in [-0.3, -0.25) is 9.59 Å². The fourth-order valence-corrected chi connectivity index (χ4v) is 5.51. The summed E-state index contributed by atoms with van der Waals surface area (Å²) in [5.74, 6) is -0.558. The number of hydrogen-bond donors (Lipinski definition) is 0. The maximum absolute atomic E-state index is 13.1. The van der Waals surface area contributed by atoms with Gasteiger partial charge in [0.05, 0.1) is 6.07 Å². The normalized spacial score (nSPS) is 20.7. The number of nitrogens with zero attached hydrogens (tertiary/aromatic N) is 4. The average Bonchev–Trinajstić information content (AvgIpc) is 3.17. The minimum Gasteiger partial charge on any atom is -0.341 e. The second-order valence-corrected chi connectivity index (χ2v) is 10.2. The molecule has 8 nitrogen and oxygen atoms in total. The smallest absolute Gasteiger partial charge is 0.245 e. The van der Waals surface area contributed by atoms with Crippen molar-refractivity contribution in [1.29, 1.82) is 5.26 Å². The van der Waals surface area contributed by atoms with Gasteiger partial charge in [-0.1, -0.05) is 23.7 Å². The van der Waals surface area contributed by atoms with Gasteiger partial charge >= 0.3 is 0 Å². The number of likely N-dealkylation sites (tertiary alicyclic amines) is 2. The fourth-order valence-electron chi connectivity index (χ4n) is 4.11. The molecule has 0 aromatic heterocycles. The molecule has 10 heteroatoms. The lowest BCUT2D eigenvalue weighted by Crippen LogP contribution is -2.51. The van der Waals surface area contributed by atoms with Crippen LogP contribution in [0.25, 0.3) is 6.08 Å². The zero-order chi connectivity index (χ0) is 23.3. The number of amides is 2. The maximum atomic E-state index is 13.1. The van der Waals surface area contributed by atoms with E-state index < -0.39 is 34.6 Å². The van der Waals surface area contributed by atoms with Gasteiger partial charge in [-0.05, 0) is 56.4 Å². The molecule has 0 bridgehead atoms. The Bertz CT molecular complexity index is 1010. The molecule has 2 amide bonds. The standard InChI is InChI=1S/C22H27ClN4O4S/c1-17(21(28)25-12-3-2-4-13-25)26-14-9-20(22(26)29)27(15-11-24)32(30,31)16-10-18-5-7-19(23)8-6-18/h5-8,10,16-17,20H,2-4,9,12-15H2,1H3/b16-10+/t17-,20-/m0/s1. The molecule has 0 radical (unpaired) electrons. The van der Waals surface area contributed by atoms with E-state index in [2.05, 4.69) is 0 Å². The molecule has 0 spiro atoms. The number of sulfonamides is 1. The first-order chi connectivity index (χ1) is 15.2. The van der Waals surface area contributed by atoms with Crippen molar-refractivity contribution in [3.8, 4) is 6.07 Å². The number of piperidine rings is 1. The molecule has 0 unspecified atom stereocenters. The Morgan fingerprint density at radius 3 is 2.53 bits per heavy atom. The lowest BCUT2D eigenvalue weighted by Gasteiger charge is -2.33. The molecule has 2 aliphatic rings. The summed E-state index contributed by atoms with van der Waals surface area (Å²) in [6.07, 6.45) is 4.61. The lowest BCUT2D eigenvalue weighted by molar-refractivity contribution is -0.144. The summed E-state index contributed by atoms with van der Waals surface area (Å²) in [6.45, 7) is 2.85. The van der Waals surface area contributed by atoms with Crippen molar-refractivity contribution in [2.45, 2.75) is 44.7 Å². The molecule has 3 rings (SSSR count). The summed E-state index contributed by atoms with van der Waals surface area (Å²) < 4.78 is 26.9. The van der Waals surface area contributed by atoms with Crippen molar-refractivity contribution in [2.24, 2.45) is 0 Å². The van der Waals surface area contributed by atoms with Gasteiger partial charge in [-0.15, -0.1) is 0 Å². The molecule has 2 heterocycles. The van der Waals surface area contributed by atoms with E-state index >= 15 is 0 Å². The van der Waals surface area contributed by atoms with Gasteiger partial charge in [0.1, 0.15) is 18.6 Å². The van der Waals surface area contributed by atoms with E-state index in [1.165, 1.54) is 11.0 Å². The van der Waals surface area contributed by atoms with E-state index in [9.17, 15) is 23.3 Å². The number of halogens is 1. The van der Waals surface area contributed by atoms with Crippen LogP contribution < -0.4 is 0 Å². The predicted molar refractivity (Wildman–Crippen MR) is 122 cm³/mol. The SMILES string of the molecule is C[C@@H](C(=O)N1CCCCC1)N1CC[C@H](N(CC#N)S(=O)(=O)/C=C/c2ccc(Cl)cc2)C1=O. The van der Waals surface area contributed by atoms with E-state index in [0.717, 1.165) is 29.0 Å². The van der Waals surface area contributed by atoms with Gasteiger partial charge in [-0.25, -0.2) is 8.42 Å². The van der Waals surface area contributed by atoms with E-state index in [0.29, 0.717) is 23.7 Å². The first-order valence-corrected chi connectivity index (χ1v) is 12.5. The summed E-state index contributed by atoms with van der Waals surface area (Å²) >= 11 is 5.85. The van der Waals surface area contributed by atoms with Crippen molar-refractivity contribution in [3.63, 3.8) is 0 Å². The van der Waals surface area contributed by atoms with Gasteiger partial charge in [0.15, 0.2) is 0 Å². The van der Waals surface area contributed by atoms with Crippen molar-refractivity contribution in [3.05, 3.63) is 40.3 Å². The molecule has 0 saturated carbocycles. The number of carbonyl (C=O) groups is 2. The van der Waals surface area contributed by atoms with Crippen LogP contribution in [0.2, 0.25) is 5.02 Å². The minimum atomic E-state index is -4.04. The summed E-state index contributed by atoms with van der Waals surface area (Å²) in [4.78, 5) is 29.2. The van der Waals surface area contributed by atoms with Gasteiger partial charge in [0.25, 0.3) is 0 Å². The Morgan fingerprint density at radius 2 is 1.91 bits per heavy atom. The van der Waals surface area contributed by atoms with Crippen LogP contribution >= 0.6 is 11.6 Å². The van der Waals surface area contributed by atoms with E-state index in [1.807, 2.05) is 6.07 Å². The Hall–Kier alpha value is -2.41. The Labute approximate surface area is 194 Å². The second kappa shape index (κ2) is 10.5. The summed E-state index contributed by atoms with van der Waals surface area (Å²) in [5.41, 5.74) is 0.620. The average molecular weight is 479 g/mol. The number of carbonyl (C=O) groups excluding carboxylic acids is 2. The first kappa shape index (κ1) is 24.2. The Balaban J connectivity index is 1.74. The Morgan fingerprint density at radius 1 is 1.25 bits per heavy atom. The quantitative estimate of drug-likeness (QED) is 0.560. The fraction of sp³-hybridized carbons (Fsp3) is 0.500. The van der Waals surface area contributed by atoms with Gasteiger partial charge in [-0.2, -0.15) is 9.57 Å². The molecule has 1 aromatic rings. The zero-order valence-corrected chi connectivity index (χ0v) is 19.6. The lowest BCUT2D eigenvalue weighted by atomic mass is 10.1. The molecule has 32 heavy (non-hydrogen) atoms. The first-order valence-electron chi connectivity index (χ1n) is 10.7. The van der Waals surface area contributed by atoms with Crippen LogP contribution in [0.5, 0.6) is 0 Å². The largest absolute Gasteiger partial charge is 0.341 e. The van der Waals surface area contributed by atoms with Gasteiger partial charge in [0.2, 0.25) is 21.8 Å². The van der Waals surface area contributed by atoms with Crippen LogP contribution in [0.3, 0.4) is 0 Å². The summed E-state index contributed by atoms with van der Waals surface area (Å²) in [5, 5.41) is 10.7. The van der Waals surface area contributed by atoms with Crippen molar-refractivity contribution < 1.29 is 18.0 Å². The van der Waals surface area contributed by atoms with Crippen LogP contribution in [0, 0.1) is 11.3 Å². The summed E-state index contributed by atoms with van der Waals surface area (Å²) in [6, 6.07) is 6.78. The van der Waals surface area contributed by atoms with Crippen molar-refractivity contribution >= 4 is 39.5 Å². The molecule has 0 aliphatic carbocycles. The van der Waals surface area contributed by atoms with Crippen molar-refractivity contribution in [1.82, 2.24) is 14.1 Å². The molecule has 2 aliphatic heterocycles. The molecule has 172 valence electrons. The molecule has 0 N–H and O–H groups in total. The molecule has 2 saturated heterocycles. The van der Waals surface area contributed by atoms with Gasteiger partial charge in [0, 0.05) is 30.1 Å². The number of benzene rings is 1. The van der Waals surface area contributed by atoms with Crippen LogP contribution in [-0.2, 0) is 19.6 Å². The molecular formula is C22H27ClN4O4S. The maximum Gasteiger partial charge on any atom is 0.245 e. The second-order valence-electron chi connectivity index (χ2n) is 8.00. The van der Waals surface area contributed by atoms with Crippen molar-refractivity contribution in [2.75, 3.05) is 26.2 Å². The van der Waals surface area contributed by atoms with Crippen LogP contribution in [-0.4, -0.2) is 72.6 Å². The van der Waals surface area contributed by atoms with E-state index in [-0.39, 0.29) is 18.9 Å². The van der Waals surface area contributed by atoms with Crippen LogP contribution in [0.4, 0.5) is 0 Å². The minimum absolute atomic E-state index is 0.115. The third-order valence-corrected chi connectivity index (χ3v) is 7.68. The van der Waals surface area contributed by atoms with E-state index in [4.69, 9.17) is 11.6 Å². The number of rotatable bonds is 7. The van der Waals surface area contributed by atoms with E-state index in [1.54, 1.807) is 36.1 Å². The monoisotopic (exact) mass is 478 g/mol. The highest BCUT2D eigenvalue weighted by atomic mass is 35.5. The highest BCUT2D eigenvalue weighted by Gasteiger charge is 2.44. The number of hydrogen-bond acceptors (Lipinski definition) is 5. The molecular weight excluding hydrogens is 452 g/mol. The van der Waals surface area contributed by atoms with Crippen LogP contribution in [0.1, 0.15) is 38.2 Å². The van der Waals surface area contributed by atoms with Crippen LogP contribution in [0.15, 0.2) is 29.7 Å². The Kier molecular flexibility index (Phi) is 7.93. The third kappa shape index (κ3) is 5.49. The highest BCUT2D eigenvalue weighted by molar-refractivity contribution is 7.92. The highest BCUT2D eigenvalue weighted by Crippen LogP contribution is 2.24.